The molecule has 2 aromatic carbocycles. The summed E-state index contributed by atoms with van der Waals surface area (Å²) >= 11 is 1.45. The topological polar surface area (TPSA) is 97.2 Å². The lowest BCUT2D eigenvalue weighted by Crippen LogP contribution is -2.31. The van der Waals surface area contributed by atoms with Crippen LogP contribution in [-0.4, -0.2) is 32.6 Å². The van der Waals surface area contributed by atoms with Crippen molar-refractivity contribution in [2.75, 3.05) is 11.9 Å². The molecule has 0 amide bonds. The Labute approximate surface area is 181 Å². The zero-order chi connectivity index (χ0) is 22.0. The second kappa shape index (κ2) is 8.27. The Kier molecular flexibility index (Phi) is 5.51. The molecule has 0 aliphatic rings. The summed E-state index contributed by atoms with van der Waals surface area (Å²) in [5, 5.41) is 12.8. The minimum absolute atomic E-state index is 0.0627. The number of nitrogens with zero attached hydrogens (tertiary/aromatic N) is 3. The smallest absolute Gasteiger partial charge is 0.316 e. The monoisotopic (exact) mass is 438 g/mol. The Bertz CT molecular complexity index is 1210. The second-order valence-electron chi connectivity index (χ2n) is 7.54. The summed E-state index contributed by atoms with van der Waals surface area (Å²) in [5.41, 5.74) is 1.33. The number of carbonyl (C=O) groups is 1. The molecule has 9 heteroatoms. The van der Waals surface area contributed by atoms with Gasteiger partial charge in [-0.15, -0.1) is 0 Å². The molecular weight excluding hydrogens is 419 g/mol. The van der Waals surface area contributed by atoms with Crippen molar-refractivity contribution in [3.8, 4) is 17.1 Å². The van der Waals surface area contributed by atoms with Gasteiger partial charge >= 0.3 is 12.0 Å². The van der Waals surface area contributed by atoms with Crippen molar-refractivity contribution in [1.82, 2.24) is 15.0 Å². The van der Waals surface area contributed by atoms with Crippen LogP contribution in [0.5, 0.6) is 6.01 Å². The number of aliphatic carboxylic acids is 1. The lowest BCUT2D eigenvalue weighted by molar-refractivity contribution is -0.148. The van der Waals surface area contributed by atoms with E-state index in [1.807, 2.05) is 24.3 Å². The van der Waals surface area contributed by atoms with Crippen LogP contribution in [0.1, 0.15) is 13.8 Å². The average molecular weight is 438 g/mol. The van der Waals surface area contributed by atoms with Crippen molar-refractivity contribution in [2.24, 2.45) is 5.41 Å². The molecule has 0 fully saturated rings. The molecule has 0 aliphatic heterocycles. The number of halogens is 1. The highest BCUT2D eigenvalue weighted by Crippen LogP contribution is 2.30. The SMILES string of the molecule is CC(C)(COc1ncc(-c2ccc(Nc3nc4ccccc4s3)c(F)c2)cn1)C(=O)O. The Morgan fingerprint density at radius 3 is 2.58 bits per heavy atom. The Balaban J connectivity index is 1.46. The number of hydrogen-bond donors (Lipinski definition) is 2. The lowest BCUT2D eigenvalue weighted by Gasteiger charge is -2.18. The maximum Gasteiger partial charge on any atom is 0.316 e. The van der Waals surface area contributed by atoms with Crippen molar-refractivity contribution >= 4 is 38.3 Å². The van der Waals surface area contributed by atoms with Gasteiger partial charge in [-0.3, -0.25) is 4.79 Å². The van der Waals surface area contributed by atoms with E-state index in [0.717, 1.165) is 10.2 Å². The van der Waals surface area contributed by atoms with Gasteiger partial charge in [0.25, 0.3) is 0 Å². The van der Waals surface area contributed by atoms with Gasteiger partial charge in [0.05, 0.1) is 21.3 Å². The molecule has 2 heterocycles. The van der Waals surface area contributed by atoms with Crippen LogP contribution in [0.3, 0.4) is 0 Å². The summed E-state index contributed by atoms with van der Waals surface area (Å²) in [6.07, 6.45) is 3.01. The van der Waals surface area contributed by atoms with Gasteiger partial charge in [0.1, 0.15) is 12.4 Å². The summed E-state index contributed by atoms with van der Waals surface area (Å²) in [6.45, 7) is 3.04. The molecular formula is C22H19FN4O3S. The Hall–Kier alpha value is -3.59. The highest BCUT2D eigenvalue weighted by atomic mass is 32.1. The van der Waals surface area contributed by atoms with Gasteiger partial charge in [0.2, 0.25) is 0 Å². The van der Waals surface area contributed by atoms with Gasteiger partial charge in [-0.25, -0.2) is 19.3 Å². The van der Waals surface area contributed by atoms with E-state index >= 15 is 0 Å². The van der Waals surface area contributed by atoms with Crippen LogP contribution < -0.4 is 10.1 Å². The van der Waals surface area contributed by atoms with E-state index in [4.69, 9.17) is 9.84 Å². The van der Waals surface area contributed by atoms with Crippen molar-refractivity contribution in [2.45, 2.75) is 13.8 Å². The number of anilines is 2. The molecule has 4 rings (SSSR count). The van der Waals surface area contributed by atoms with Crippen molar-refractivity contribution in [1.29, 1.82) is 0 Å². The number of hydrogen-bond acceptors (Lipinski definition) is 7. The quantitative estimate of drug-likeness (QED) is 0.413. The summed E-state index contributed by atoms with van der Waals surface area (Å²) in [7, 11) is 0. The highest BCUT2D eigenvalue weighted by molar-refractivity contribution is 7.22. The van der Waals surface area contributed by atoms with E-state index in [1.165, 1.54) is 29.8 Å². The molecule has 0 spiro atoms. The van der Waals surface area contributed by atoms with Gasteiger partial charge in [-0.2, -0.15) is 0 Å². The summed E-state index contributed by atoms with van der Waals surface area (Å²) in [6, 6.07) is 12.6. The lowest BCUT2D eigenvalue weighted by atomic mass is 9.95. The normalized spacial score (nSPS) is 11.5. The number of fused-ring (bicyclic) bond motifs is 1. The molecule has 7 nitrogen and oxygen atoms in total. The number of aromatic nitrogens is 3. The molecule has 0 bridgehead atoms. The summed E-state index contributed by atoms with van der Waals surface area (Å²) in [4.78, 5) is 23.8. The second-order valence-corrected chi connectivity index (χ2v) is 8.57. The third kappa shape index (κ3) is 4.61. The fourth-order valence-corrected chi connectivity index (χ4v) is 3.56. The van der Waals surface area contributed by atoms with Crippen LogP contribution in [0, 0.1) is 11.2 Å². The van der Waals surface area contributed by atoms with Crippen LogP contribution in [-0.2, 0) is 4.79 Å². The molecule has 0 atom stereocenters. The summed E-state index contributed by atoms with van der Waals surface area (Å²) < 4.78 is 21.1. The standard InChI is InChI=1S/C22H19FN4O3S/c1-22(2,19(28)29)12-30-20-24-10-14(11-25-20)13-7-8-16(15(23)9-13)26-21-27-17-5-3-4-6-18(17)31-21/h3-11H,12H2,1-2H3,(H,26,27)(H,28,29). The van der Waals surface area contributed by atoms with Crippen LogP contribution >= 0.6 is 11.3 Å². The fraction of sp³-hybridized carbons (Fsp3) is 0.182. The molecule has 158 valence electrons. The number of ether oxygens (including phenoxy) is 1. The molecule has 31 heavy (non-hydrogen) atoms. The van der Waals surface area contributed by atoms with Crippen LogP contribution in [0.25, 0.3) is 21.3 Å². The maximum atomic E-state index is 14.7. The van der Waals surface area contributed by atoms with E-state index in [0.29, 0.717) is 21.9 Å². The fourth-order valence-electron chi connectivity index (χ4n) is 2.68. The number of carboxylic acid groups (broad SMARTS) is 1. The van der Waals surface area contributed by atoms with E-state index in [-0.39, 0.29) is 12.6 Å². The molecule has 2 aromatic heterocycles. The molecule has 0 radical (unpaired) electrons. The molecule has 0 unspecified atom stereocenters. The van der Waals surface area contributed by atoms with E-state index in [9.17, 15) is 9.18 Å². The third-order valence-corrected chi connectivity index (χ3v) is 5.56. The maximum absolute atomic E-state index is 14.7. The van der Waals surface area contributed by atoms with Crippen LogP contribution in [0.4, 0.5) is 15.2 Å². The predicted molar refractivity (Wildman–Crippen MR) is 117 cm³/mol. The highest BCUT2D eigenvalue weighted by Gasteiger charge is 2.28. The zero-order valence-electron chi connectivity index (χ0n) is 16.8. The molecule has 0 aliphatic carbocycles. The first-order valence-electron chi connectivity index (χ1n) is 9.42. The van der Waals surface area contributed by atoms with Crippen molar-refractivity contribution in [3.05, 3.63) is 60.7 Å². The number of carboxylic acids is 1. The van der Waals surface area contributed by atoms with Gasteiger partial charge < -0.3 is 15.2 Å². The number of thiazole rings is 1. The summed E-state index contributed by atoms with van der Waals surface area (Å²) in [5.74, 6) is -1.40. The minimum Gasteiger partial charge on any atom is -0.481 e. The van der Waals surface area contributed by atoms with Crippen molar-refractivity contribution < 1.29 is 19.0 Å². The number of para-hydroxylation sites is 1. The molecule has 0 saturated heterocycles. The van der Waals surface area contributed by atoms with E-state index in [1.54, 1.807) is 26.0 Å². The molecule has 2 N–H and O–H groups in total. The van der Waals surface area contributed by atoms with Gasteiger partial charge in [0, 0.05) is 18.0 Å². The molecule has 0 saturated carbocycles. The number of rotatable bonds is 7. The Morgan fingerprint density at radius 1 is 1.16 bits per heavy atom. The van der Waals surface area contributed by atoms with E-state index in [2.05, 4.69) is 20.3 Å². The number of nitrogens with one attached hydrogen (secondary N) is 1. The first-order valence-corrected chi connectivity index (χ1v) is 10.2. The van der Waals surface area contributed by atoms with Crippen LogP contribution in [0.2, 0.25) is 0 Å². The predicted octanol–water partition coefficient (Wildman–Crippen LogP) is 5.13. The van der Waals surface area contributed by atoms with Gasteiger partial charge in [-0.05, 0) is 43.7 Å². The Morgan fingerprint density at radius 2 is 1.90 bits per heavy atom. The van der Waals surface area contributed by atoms with E-state index < -0.39 is 17.2 Å². The average Bonchev–Trinajstić information content (AvgIpc) is 3.16. The van der Waals surface area contributed by atoms with Gasteiger partial charge in [0.15, 0.2) is 5.13 Å². The first-order chi connectivity index (χ1) is 14.8. The number of benzene rings is 2. The molecule has 4 aromatic rings. The van der Waals surface area contributed by atoms with Crippen LogP contribution in [0.15, 0.2) is 54.9 Å². The van der Waals surface area contributed by atoms with Crippen molar-refractivity contribution in [3.63, 3.8) is 0 Å². The first kappa shape index (κ1) is 20.7. The minimum atomic E-state index is -1.06. The third-order valence-electron chi connectivity index (χ3n) is 4.61. The largest absolute Gasteiger partial charge is 0.481 e. The van der Waals surface area contributed by atoms with Gasteiger partial charge in [-0.1, -0.05) is 29.5 Å². The zero-order valence-corrected chi connectivity index (χ0v) is 17.6.